The van der Waals surface area contributed by atoms with Crippen LogP contribution in [0.1, 0.15) is 51.9 Å². The number of allylic oxidation sites excluding steroid dienone is 2. The summed E-state index contributed by atoms with van der Waals surface area (Å²) in [6.07, 6.45) is 12.1. The van der Waals surface area contributed by atoms with E-state index >= 15 is 0 Å². The van der Waals surface area contributed by atoms with E-state index in [1.165, 1.54) is 32.1 Å². The molecular weight excluding hydrogens is 188 g/mol. The minimum atomic E-state index is -0.627. The van der Waals surface area contributed by atoms with Gasteiger partial charge in [0.1, 0.15) is 0 Å². The molecule has 2 atom stereocenters. The van der Waals surface area contributed by atoms with Crippen LogP contribution in [0.4, 0.5) is 0 Å². The van der Waals surface area contributed by atoms with Crippen molar-refractivity contribution in [3.05, 3.63) is 12.2 Å². The van der Waals surface area contributed by atoms with Crippen LogP contribution in [0.2, 0.25) is 0 Å². The molecule has 0 aromatic carbocycles. The van der Waals surface area contributed by atoms with Crippen LogP contribution in [0.15, 0.2) is 12.2 Å². The molecule has 86 valence electrons. The zero-order valence-electron chi connectivity index (χ0n) is 9.61. The molecule has 1 aliphatic carbocycles. The van der Waals surface area contributed by atoms with Gasteiger partial charge in [-0.1, -0.05) is 44.8 Å². The highest BCUT2D eigenvalue weighted by molar-refractivity contribution is 5.70. The third-order valence-electron chi connectivity index (χ3n) is 3.19. The van der Waals surface area contributed by atoms with Crippen LogP contribution >= 0.6 is 0 Å². The van der Waals surface area contributed by atoms with Gasteiger partial charge in [0.05, 0.1) is 5.92 Å². The molecule has 0 aromatic rings. The maximum absolute atomic E-state index is 10.8. The van der Waals surface area contributed by atoms with Crippen LogP contribution in [0.25, 0.3) is 0 Å². The SMILES string of the molecule is CCCCCCC1C=CCC(C(=O)O)C1. The molecule has 0 fully saturated rings. The summed E-state index contributed by atoms with van der Waals surface area (Å²) in [7, 11) is 0. The molecule has 1 aliphatic rings. The second-order valence-electron chi connectivity index (χ2n) is 4.54. The second kappa shape index (κ2) is 6.65. The Bertz CT molecular complexity index is 221. The van der Waals surface area contributed by atoms with Gasteiger partial charge in [0.15, 0.2) is 0 Å². The molecule has 0 saturated carbocycles. The Kier molecular flexibility index (Phi) is 5.44. The molecule has 15 heavy (non-hydrogen) atoms. The lowest BCUT2D eigenvalue weighted by Gasteiger charge is -2.21. The van der Waals surface area contributed by atoms with Crippen molar-refractivity contribution in [1.29, 1.82) is 0 Å². The summed E-state index contributed by atoms with van der Waals surface area (Å²) in [6.45, 7) is 2.21. The Labute approximate surface area is 92.4 Å². The number of hydrogen-bond donors (Lipinski definition) is 1. The monoisotopic (exact) mass is 210 g/mol. The van der Waals surface area contributed by atoms with Crippen molar-refractivity contribution in [3.63, 3.8) is 0 Å². The zero-order chi connectivity index (χ0) is 11.1. The average molecular weight is 210 g/mol. The predicted octanol–water partition coefficient (Wildman–Crippen LogP) is 3.62. The summed E-state index contributed by atoms with van der Waals surface area (Å²) in [5, 5.41) is 8.93. The second-order valence-corrected chi connectivity index (χ2v) is 4.54. The first kappa shape index (κ1) is 12.3. The molecule has 1 N–H and O–H groups in total. The van der Waals surface area contributed by atoms with Gasteiger partial charge >= 0.3 is 5.97 Å². The third kappa shape index (κ3) is 4.50. The van der Waals surface area contributed by atoms with Crippen LogP contribution in [-0.2, 0) is 4.79 Å². The number of carboxylic acid groups (broad SMARTS) is 1. The topological polar surface area (TPSA) is 37.3 Å². The van der Waals surface area contributed by atoms with Gasteiger partial charge in [0.2, 0.25) is 0 Å². The lowest BCUT2D eigenvalue weighted by molar-refractivity contribution is -0.142. The lowest BCUT2D eigenvalue weighted by atomic mass is 9.84. The fourth-order valence-electron chi connectivity index (χ4n) is 2.22. The Balaban J connectivity index is 2.22. The summed E-state index contributed by atoms with van der Waals surface area (Å²) >= 11 is 0. The molecule has 2 heteroatoms. The van der Waals surface area contributed by atoms with Crippen LogP contribution in [0.5, 0.6) is 0 Å². The van der Waals surface area contributed by atoms with Gasteiger partial charge in [-0.3, -0.25) is 4.79 Å². The molecule has 0 heterocycles. The molecule has 2 nitrogen and oxygen atoms in total. The molecular formula is C13H22O2. The van der Waals surface area contributed by atoms with Crippen molar-refractivity contribution >= 4 is 5.97 Å². The van der Waals surface area contributed by atoms with Crippen molar-refractivity contribution in [1.82, 2.24) is 0 Å². The Hall–Kier alpha value is -0.790. The lowest BCUT2D eigenvalue weighted by Crippen LogP contribution is -2.19. The molecule has 0 bridgehead atoms. The van der Waals surface area contributed by atoms with Crippen molar-refractivity contribution in [2.24, 2.45) is 11.8 Å². The molecule has 0 aliphatic heterocycles. The average Bonchev–Trinajstić information content (AvgIpc) is 2.25. The van der Waals surface area contributed by atoms with E-state index in [2.05, 4.69) is 13.0 Å². The Morgan fingerprint density at radius 3 is 2.87 bits per heavy atom. The predicted molar refractivity (Wildman–Crippen MR) is 61.7 cm³/mol. The largest absolute Gasteiger partial charge is 0.481 e. The molecule has 1 rings (SSSR count). The van der Waals surface area contributed by atoms with Crippen molar-refractivity contribution in [3.8, 4) is 0 Å². The van der Waals surface area contributed by atoms with Crippen LogP contribution < -0.4 is 0 Å². The van der Waals surface area contributed by atoms with Gasteiger partial charge < -0.3 is 5.11 Å². The quantitative estimate of drug-likeness (QED) is 0.537. The molecule has 2 unspecified atom stereocenters. The zero-order valence-corrected chi connectivity index (χ0v) is 9.61. The standard InChI is InChI=1S/C13H22O2/c1-2-3-4-5-7-11-8-6-9-12(10-11)13(14)15/h6,8,11-12H,2-5,7,9-10H2,1H3,(H,14,15). The van der Waals surface area contributed by atoms with E-state index in [1.54, 1.807) is 0 Å². The van der Waals surface area contributed by atoms with E-state index in [0.29, 0.717) is 5.92 Å². The van der Waals surface area contributed by atoms with Gasteiger partial charge in [-0.05, 0) is 25.2 Å². The van der Waals surface area contributed by atoms with E-state index in [9.17, 15) is 4.79 Å². The highest BCUT2D eigenvalue weighted by Crippen LogP contribution is 2.27. The summed E-state index contributed by atoms with van der Waals surface area (Å²) in [6, 6.07) is 0. The molecule has 0 saturated heterocycles. The minimum absolute atomic E-state index is 0.133. The van der Waals surface area contributed by atoms with E-state index in [1.807, 2.05) is 6.08 Å². The first-order valence-corrected chi connectivity index (χ1v) is 6.13. The van der Waals surface area contributed by atoms with E-state index in [4.69, 9.17) is 5.11 Å². The Morgan fingerprint density at radius 2 is 2.20 bits per heavy atom. The first-order chi connectivity index (χ1) is 7.24. The summed E-state index contributed by atoms with van der Waals surface area (Å²) in [5.74, 6) is -0.249. The van der Waals surface area contributed by atoms with Crippen molar-refractivity contribution < 1.29 is 9.90 Å². The van der Waals surface area contributed by atoms with Crippen LogP contribution in [0.3, 0.4) is 0 Å². The minimum Gasteiger partial charge on any atom is -0.481 e. The van der Waals surface area contributed by atoms with Gasteiger partial charge in [-0.15, -0.1) is 0 Å². The number of hydrogen-bond acceptors (Lipinski definition) is 1. The fourth-order valence-corrected chi connectivity index (χ4v) is 2.22. The summed E-state index contributed by atoms with van der Waals surface area (Å²) in [5.41, 5.74) is 0. The molecule has 0 spiro atoms. The van der Waals surface area contributed by atoms with Gasteiger partial charge in [-0.2, -0.15) is 0 Å². The number of unbranched alkanes of at least 4 members (excludes halogenated alkanes) is 3. The molecule has 0 radical (unpaired) electrons. The normalized spacial score (nSPS) is 25.4. The van der Waals surface area contributed by atoms with Gasteiger partial charge in [-0.25, -0.2) is 0 Å². The van der Waals surface area contributed by atoms with Crippen LogP contribution in [0, 0.1) is 11.8 Å². The molecule has 0 aromatic heterocycles. The highest BCUT2D eigenvalue weighted by atomic mass is 16.4. The van der Waals surface area contributed by atoms with E-state index < -0.39 is 5.97 Å². The number of aliphatic carboxylic acids is 1. The number of carboxylic acids is 1. The van der Waals surface area contributed by atoms with E-state index in [-0.39, 0.29) is 5.92 Å². The van der Waals surface area contributed by atoms with Gasteiger partial charge in [0, 0.05) is 0 Å². The summed E-state index contributed by atoms with van der Waals surface area (Å²) < 4.78 is 0. The molecule has 0 amide bonds. The smallest absolute Gasteiger partial charge is 0.306 e. The van der Waals surface area contributed by atoms with Crippen LogP contribution in [-0.4, -0.2) is 11.1 Å². The van der Waals surface area contributed by atoms with Gasteiger partial charge in [0.25, 0.3) is 0 Å². The van der Waals surface area contributed by atoms with Crippen molar-refractivity contribution in [2.75, 3.05) is 0 Å². The fraction of sp³-hybridized carbons (Fsp3) is 0.769. The third-order valence-corrected chi connectivity index (χ3v) is 3.19. The Morgan fingerprint density at radius 1 is 1.40 bits per heavy atom. The maximum Gasteiger partial charge on any atom is 0.306 e. The first-order valence-electron chi connectivity index (χ1n) is 6.13. The summed E-state index contributed by atoms with van der Waals surface area (Å²) in [4.78, 5) is 10.8. The van der Waals surface area contributed by atoms with Crippen molar-refractivity contribution in [2.45, 2.75) is 51.9 Å². The number of rotatable bonds is 6. The maximum atomic E-state index is 10.8. The van der Waals surface area contributed by atoms with E-state index in [0.717, 1.165) is 12.8 Å². The number of carbonyl (C=O) groups is 1. The highest BCUT2D eigenvalue weighted by Gasteiger charge is 2.22.